The van der Waals surface area contributed by atoms with Crippen LogP contribution in [0.4, 0.5) is 0 Å². The Morgan fingerprint density at radius 2 is 2.42 bits per heavy atom. The molecule has 0 saturated carbocycles. The summed E-state index contributed by atoms with van der Waals surface area (Å²) in [7, 11) is 1.45. The molecule has 0 heterocycles. The Morgan fingerprint density at radius 3 is 2.83 bits per heavy atom. The zero-order chi connectivity index (χ0) is 9.14. The summed E-state index contributed by atoms with van der Waals surface area (Å²) in [6, 6.07) is 0. The molecular weight excluding hydrogens is 158 g/mol. The van der Waals surface area contributed by atoms with Gasteiger partial charge in [-0.1, -0.05) is 13.0 Å². The van der Waals surface area contributed by atoms with Crippen molar-refractivity contribution in [1.29, 1.82) is 0 Å². The molecule has 0 aromatic heterocycles. The highest BCUT2D eigenvalue weighted by Crippen LogP contribution is 2.25. The predicted molar refractivity (Wildman–Crippen MR) is 44.0 cm³/mol. The first-order valence-corrected chi connectivity index (χ1v) is 3.76. The SMILES string of the molecule is COC1=C([N+](=O)[O-])C(C)CC=C1. The number of ether oxygens (including phenoxy) is 1. The lowest BCUT2D eigenvalue weighted by atomic mass is 9.98. The molecule has 1 aliphatic carbocycles. The Kier molecular flexibility index (Phi) is 2.47. The van der Waals surface area contributed by atoms with Crippen LogP contribution in [-0.2, 0) is 4.74 Å². The second kappa shape index (κ2) is 3.38. The van der Waals surface area contributed by atoms with E-state index in [0.717, 1.165) is 0 Å². The smallest absolute Gasteiger partial charge is 0.290 e. The minimum Gasteiger partial charge on any atom is -0.490 e. The van der Waals surface area contributed by atoms with Gasteiger partial charge in [0.05, 0.1) is 18.0 Å². The van der Waals surface area contributed by atoms with E-state index in [9.17, 15) is 10.1 Å². The van der Waals surface area contributed by atoms with Crippen LogP contribution in [0, 0.1) is 16.0 Å². The summed E-state index contributed by atoms with van der Waals surface area (Å²) in [5.74, 6) is 0.318. The maximum absolute atomic E-state index is 10.6. The van der Waals surface area contributed by atoms with Crippen molar-refractivity contribution >= 4 is 0 Å². The molecular formula is C8H11NO3. The van der Waals surface area contributed by atoms with E-state index >= 15 is 0 Å². The van der Waals surface area contributed by atoms with Crippen molar-refractivity contribution in [3.8, 4) is 0 Å². The summed E-state index contributed by atoms with van der Waals surface area (Å²) in [5.41, 5.74) is 0.181. The molecule has 12 heavy (non-hydrogen) atoms. The van der Waals surface area contributed by atoms with Crippen molar-refractivity contribution < 1.29 is 9.66 Å². The summed E-state index contributed by atoms with van der Waals surface area (Å²) in [6.07, 6.45) is 4.25. The standard InChI is InChI=1S/C8H11NO3/c1-6-4-3-5-7(12-2)8(6)9(10)11/h3,5-6H,4H2,1-2H3. The Labute approximate surface area is 70.7 Å². The maximum Gasteiger partial charge on any atom is 0.290 e. The van der Waals surface area contributed by atoms with Crippen LogP contribution < -0.4 is 0 Å². The topological polar surface area (TPSA) is 52.4 Å². The molecule has 0 spiro atoms. The van der Waals surface area contributed by atoms with Crippen molar-refractivity contribution in [2.75, 3.05) is 7.11 Å². The van der Waals surface area contributed by atoms with E-state index in [1.165, 1.54) is 7.11 Å². The van der Waals surface area contributed by atoms with Crippen LogP contribution in [-0.4, -0.2) is 12.0 Å². The molecule has 66 valence electrons. The van der Waals surface area contributed by atoms with Gasteiger partial charge < -0.3 is 4.74 Å². The van der Waals surface area contributed by atoms with E-state index in [1.807, 2.05) is 13.0 Å². The average molecular weight is 169 g/mol. The zero-order valence-electron chi connectivity index (χ0n) is 7.11. The van der Waals surface area contributed by atoms with Crippen LogP contribution in [0.15, 0.2) is 23.6 Å². The molecule has 0 aromatic carbocycles. The van der Waals surface area contributed by atoms with Gasteiger partial charge in [0.15, 0.2) is 5.76 Å². The minimum atomic E-state index is -0.368. The summed E-state index contributed by atoms with van der Waals surface area (Å²) in [6.45, 7) is 1.82. The molecule has 0 bridgehead atoms. The summed E-state index contributed by atoms with van der Waals surface area (Å²) >= 11 is 0. The number of nitrogens with zero attached hydrogens (tertiary/aromatic N) is 1. The first-order valence-electron chi connectivity index (χ1n) is 3.76. The van der Waals surface area contributed by atoms with Crippen molar-refractivity contribution in [1.82, 2.24) is 0 Å². The largest absolute Gasteiger partial charge is 0.490 e. The van der Waals surface area contributed by atoms with Crippen LogP contribution in [0.2, 0.25) is 0 Å². The molecule has 4 nitrogen and oxygen atoms in total. The van der Waals surface area contributed by atoms with Gasteiger partial charge in [-0.25, -0.2) is 0 Å². The number of hydrogen-bond donors (Lipinski definition) is 0. The monoisotopic (exact) mass is 169 g/mol. The van der Waals surface area contributed by atoms with Gasteiger partial charge in [0.2, 0.25) is 0 Å². The maximum atomic E-state index is 10.6. The van der Waals surface area contributed by atoms with Gasteiger partial charge in [0, 0.05) is 0 Å². The molecule has 0 N–H and O–H groups in total. The molecule has 4 heteroatoms. The third kappa shape index (κ3) is 1.47. The van der Waals surface area contributed by atoms with E-state index in [4.69, 9.17) is 4.74 Å². The van der Waals surface area contributed by atoms with E-state index in [1.54, 1.807) is 6.08 Å². The molecule has 0 aromatic rings. The second-order valence-corrected chi connectivity index (χ2v) is 2.75. The average Bonchev–Trinajstić information content (AvgIpc) is 2.03. The quantitative estimate of drug-likeness (QED) is 0.467. The molecule has 1 unspecified atom stereocenters. The molecule has 0 fully saturated rings. The summed E-state index contributed by atoms with van der Waals surface area (Å²) < 4.78 is 4.89. The van der Waals surface area contributed by atoms with Crippen molar-refractivity contribution in [3.05, 3.63) is 33.7 Å². The van der Waals surface area contributed by atoms with Gasteiger partial charge >= 0.3 is 0 Å². The number of allylic oxidation sites excluding steroid dienone is 3. The third-order valence-electron chi connectivity index (χ3n) is 1.89. The lowest BCUT2D eigenvalue weighted by molar-refractivity contribution is -0.436. The number of hydrogen-bond acceptors (Lipinski definition) is 3. The molecule has 1 atom stereocenters. The van der Waals surface area contributed by atoms with Gasteiger partial charge in [-0.2, -0.15) is 0 Å². The first kappa shape index (κ1) is 8.77. The lowest BCUT2D eigenvalue weighted by Gasteiger charge is -2.13. The molecule has 0 saturated heterocycles. The Morgan fingerprint density at radius 1 is 1.75 bits per heavy atom. The van der Waals surface area contributed by atoms with Crippen LogP contribution in [0.25, 0.3) is 0 Å². The van der Waals surface area contributed by atoms with Gasteiger partial charge in [0.1, 0.15) is 0 Å². The van der Waals surface area contributed by atoms with E-state index < -0.39 is 0 Å². The molecule has 1 rings (SSSR count). The summed E-state index contributed by atoms with van der Waals surface area (Å²) in [4.78, 5) is 10.2. The predicted octanol–water partition coefficient (Wildman–Crippen LogP) is 1.72. The van der Waals surface area contributed by atoms with Crippen LogP contribution in [0.1, 0.15) is 13.3 Å². The highest BCUT2D eigenvalue weighted by Gasteiger charge is 2.27. The number of nitro groups is 1. The van der Waals surface area contributed by atoms with Gasteiger partial charge in [-0.15, -0.1) is 0 Å². The normalized spacial score (nSPS) is 22.7. The summed E-state index contributed by atoms with van der Waals surface area (Å²) in [5, 5.41) is 10.6. The van der Waals surface area contributed by atoms with E-state index in [2.05, 4.69) is 0 Å². The van der Waals surface area contributed by atoms with Crippen LogP contribution in [0.5, 0.6) is 0 Å². The van der Waals surface area contributed by atoms with Crippen molar-refractivity contribution in [2.45, 2.75) is 13.3 Å². The fraction of sp³-hybridized carbons (Fsp3) is 0.500. The fourth-order valence-corrected chi connectivity index (χ4v) is 1.26. The Balaban J connectivity index is 3.04. The highest BCUT2D eigenvalue weighted by molar-refractivity contribution is 5.22. The first-order chi connectivity index (χ1) is 5.66. The van der Waals surface area contributed by atoms with E-state index in [0.29, 0.717) is 12.2 Å². The van der Waals surface area contributed by atoms with Crippen LogP contribution in [0.3, 0.4) is 0 Å². The van der Waals surface area contributed by atoms with Gasteiger partial charge in [-0.05, 0) is 12.5 Å². The minimum absolute atomic E-state index is 0.0556. The zero-order valence-corrected chi connectivity index (χ0v) is 7.11. The van der Waals surface area contributed by atoms with Crippen molar-refractivity contribution in [2.24, 2.45) is 5.92 Å². The lowest BCUT2D eigenvalue weighted by Crippen LogP contribution is -2.14. The molecule has 0 aliphatic heterocycles. The van der Waals surface area contributed by atoms with Gasteiger partial charge in [0.25, 0.3) is 5.70 Å². The van der Waals surface area contributed by atoms with E-state index in [-0.39, 0.29) is 16.5 Å². The van der Waals surface area contributed by atoms with Crippen molar-refractivity contribution in [3.63, 3.8) is 0 Å². The molecule has 0 radical (unpaired) electrons. The van der Waals surface area contributed by atoms with Crippen LogP contribution >= 0.6 is 0 Å². The second-order valence-electron chi connectivity index (χ2n) is 2.75. The van der Waals surface area contributed by atoms with Gasteiger partial charge in [-0.3, -0.25) is 10.1 Å². The highest BCUT2D eigenvalue weighted by atomic mass is 16.6. The number of rotatable bonds is 2. The Hall–Kier alpha value is -1.32. The Bertz CT molecular complexity index is 255. The third-order valence-corrected chi connectivity index (χ3v) is 1.89. The number of methoxy groups -OCH3 is 1. The molecule has 1 aliphatic rings. The molecule has 0 amide bonds. The fourth-order valence-electron chi connectivity index (χ4n) is 1.26.